The first-order chi connectivity index (χ1) is 14.5. The van der Waals surface area contributed by atoms with E-state index in [0.717, 1.165) is 0 Å². The molecule has 0 saturated carbocycles. The predicted octanol–water partition coefficient (Wildman–Crippen LogP) is 1.44. The number of nitrogens with one attached hydrogen (secondary N) is 1. The second kappa shape index (κ2) is 8.11. The van der Waals surface area contributed by atoms with E-state index in [0.29, 0.717) is 22.9 Å². The molecule has 0 fully saturated rings. The molecule has 30 heavy (non-hydrogen) atoms. The summed E-state index contributed by atoms with van der Waals surface area (Å²) in [5.74, 6) is -0.0696. The topological polar surface area (TPSA) is 103 Å². The van der Waals surface area contributed by atoms with Gasteiger partial charge in [-0.1, -0.05) is 0 Å². The van der Waals surface area contributed by atoms with Crippen LogP contribution in [0.1, 0.15) is 10.4 Å². The summed E-state index contributed by atoms with van der Waals surface area (Å²) < 4.78 is 21.6. The minimum absolute atomic E-state index is 0.0629. The van der Waals surface area contributed by atoms with Crippen LogP contribution >= 0.6 is 0 Å². The average Bonchev–Trinajstić information content (AvgIpc) is 3.17. The van der Waals surface area contributed by atoms with Gasteiger partial charge < -0.3 is 14.6 Å². The van der Waals surface area contributed by atoms with Crippen molar-refractivity contribution < 1.29 is 13.9 Å². The van der Waals surface area contributed by atoms with Crippen LogP contribution in [-0.4, -0.2) is 43.4 Å². The van der Waals surface area contributed by atoms with Gasteiger partial charge in [-0.3, -0.25) is 9.59 Å². The number of fused-ring (bicyclic) bond motifs is 1. The second-order valence-electron chi connectivity index (χ2n) is 6.41. The summed E-state index contributed by atoms with van der Waals surface area (Å²) in [6.45, 7) is 0.328. The maximum absolute atomic E-state index is 13.2. The second-order valence-corrected chi connectivity index (χ2v) is 6.41. The highest BCUT2D eigenvalue weighted by atomic mass is 19.1. The molecule has 4 aromatic rings. The van der Waals surface area contributed by atoms with Gasteiger partial charge in [0.1, 0.15) is 18.0 Å². The largest absolute Gasteiger partial charge is 0.475 e. The fourth-order valence-corrected chi connectivity index (χ4v) is 2.81. The number of halogens is 1. The highest BCUT2D eigenvalue weighted by Gasteiger charge is 2.12. The Bertz CT molecular complexity index is 1270. The standard InChI is InChI=1S/C20H17FN6O3/c1-26-11-2-3-15(20(26)29)19(28)22-10-12-30-17-9-8-16-23-24-18(27(16)25-17)13-4-6-14(21)7-5-13/h2-9,11H,10,12H2,1H3,(H,22,28). The highest BCUT2D eigenvalue weighted by molar-refractivity contribution is 5.93. The number of aryl methyl sites for hydroxylation is 1. The van der Waals surface area contributed by atoms with Gasteiger partial charge >= 0.3 is 0 Å². The lowest BCUT2D eigenvalue weighted by atomic mass is 10.2. The lowest BCUT2D eigenvalue weighted by molar-refractivity contribution is 0.0944. The minimum atomic E-state index is -0.472. The zero-order valence-corrected chi connectivity index (χ0v) is 15.9. The zero-order valence-electron chi connectivity index (χ0n) is 15.9. The van der Waals surface area contributed by atoms with Crippen LogP contribution in [0.5, 0.6) is 5.88 Å². The first-order valence-corrected chi connectivity index (χ1v) is 9.08. The molecule has 0 spiro atoms. The predicted molar refractivity (Wildman–Crippen MR) is 106 cm³/mol. The molecule has 4 rings (SSSR count). The number of hydrogen-bond acceptors (Lipinski definition) is 6. The molecule has 0 aliphatic rings. The van der Waals surface area contributed by atoms with Crippen molar-refractivity contribution in [2.45, 2.75) is 0 Å². The number of aromatic nitrogens is 5. The van der Waals surface area contributed by atoms with Crippen molar-refractivity contribution >= 4 is 11.6 Å². The summed E-state index contributed by atoms with van der Waals surface area (Å²) in [7, 11) is 1.58. The average molecular weight is 408 g/mol. The van der Waals surface area contributed by atoms with Crippen LogP contribution in [0.3, 0.4) is 0 Å². The molecule has 0 aliphatic heterocycles. The Morgan fingerprint density at radius 2 is 1.93 bits per heavy atom. The van der Waals surface area contributed by atoms with E-state index in [9.17, 15) is 14.0 Å². The van der Waals surface area contributed by atoms with E-state index in [1.807, 2.05) is 0 Å². The molecule has 0 radical (unpaired) electrons. The van der Waals surface area contributed by atoms with Gasteiger partial charge in [-0.05, 0) is 42.5 Å². The maximum atomic E-state index is 13.2. The van der Waals surface area contributed by atoms with Crippen LogP contribution < -0.4 is 15.6 Å². The van der Waals surface area contributed by atoms with Crippen molar-refractivity contribution in [2.24, 2.45) is 7.05 Å². The Kier molecular flexibility index (Phi) is 5.21. The van der Waals surface area contributed by atoms with Gasteiger partial charge in [-0.25, -0.2) is 4.39 Å². The van der Waals surface area contributed by atoms with Crippen LogP contribution in [-0.2, 0) is 7.05 Å². The summed E-state index contributed by atoms with van der Waals surface area (Å²) >= 11 is 0. The lowest BCUT2D eigenvalue weighted by Crippen LogP contribution is -2.34. The first kappa shape index (κ1) is 19.2. The molecule has 3 heterocycles. The number of pyridine rings is 1. The summed E-state index contributed by atoms with van der Waals surface area (Å²) in [5.41, 5.74) is 0.858. The van der Waals surface area contributed by atoms with E-state index < -0.39 is 5.91 Å². The molecule has 0 aliphatic carbocycles. The van der Waals surface area contributed by atoms with E-state index in [-0.39, 0.29) is 30.1 Å². The molecular formula is C20H17FN6O3. The normalized spacial score (nSPS) is 10.9. The third kappa shape index (κ3) is 3.88. The minimum Gasteiger partial charge on any atom is -0.475 e. The Morgan fingerprint density at radius 3 is 2.73 bits per heavy atom. The molecule has 3 aromatic heterocycles. The smallest absolute Gasteiger partial charge is 0.263 e. The SMILES string of the molecule is Cn1cccc(C(=O)NCCOc2ccc3nnc(-c4ccc(F)cc4)n3n2)c1=O. The molecule has 1 N–H and O–H groups in total. The van der Waals surface area contributed by atoms with Gasteiger partial charge in [0.25, 0.3) is 11.5 Å². The van der Waals surface area contributed by atoms with Gasteiger partial charge in [-0.15, -0.1) is 15.3 Å². The number of nitrogens with zero attached hydrogens (tertiary/aromatic N) is 5. The molecule has 10 heteroatoms. The molecule has 0 bridgehead atoms. The molecule has 1 aromatic carbocycles. The molecular weight excluding hydrogens is 391 g/mol. The number of hydrogen-bond donors (Lipinski definition) is 1. The van der Waals surface area contributed by atoms with E-state index in [4.69, 9.17) is 4.74 Å². The fraction of sp³-hybridized carbons (Fsp3) is 0.150. The number of carbonyl (C=O) groups excluding carboxylic acids is 1. The number of benzene rings is 1. The molecule has 152 valence electrons. The van der Waals surface area contributed by atoms with Crippen LogP contribution in [0.25, 0.3) is 17.0 Å². The molecule has 0 unspecified atom stereocenters. The van der Waals surface area contributed by atoms with Gasteiger partial charge in [0.05, 0.1) is 6.54 Å². The monoisotopic (exact) mass is 408 g/mol. The van der Waals surface area contributed by atoms with E-state index in [1.54, 1.807) is 43.6 Å². The number of rotatable bonds is 6. The van der Waals surface area contributed by atoms with Crippen LogP contribution in [0.2, 0.25) is 0 Å². The number of ether oxygens (including phenoxy) is 1. The zero-order chi connectivity index (χ0) is 21.1. The van der Waals surface area contributed by atoms with Crippen LogP contribution in [0.15, 0.2) is 59.5 Å². The third-order valence-electron chi connectivity index (χ3n) is 4.35. The van der Waals surface area contributed by atoms with Crippen molar-refractivity contribution in [3.63, 3.8) is 0 Å². The Balaban J connectivity index is 1.41. The summed E-state index contributed by atoms with van der Waals surface area (Å²) in [6.07, 6.45) is 1.58. The van der Waals surface area contributed by atoms with Crippen molar-refractivity contribution in [2.75, 3.05) is 13.2 Å². The Morgan fingerprint density at radius 1 is 1.13 bits per heavy atom. The fourth-order valence-electron chi connectivity index (χ4n) is 2.81. The summed E-state index contributed by atoms with van der Waals surface area (Å²) in [4.78, 5) is 24.1. The van der Waals surface area contributed by atoms with Crippen molar-refractivity contribution in [1.82, 2.24) is 29.7 Å². The molecule has 1 amide bonds. The Labute approximate surface area is 169 Å². The molecule has 9 nitrogen and oxygen atoms in total. The van der Waals surface area contributed by atoms with Crippen molar-refractivity contribution in [3.05, 3.63) is 76.5 Å². The van der Waals surface area contributed by atoms with Crippen LogP contribution in [0.4, 0.5) is 4.39 Å². The number of carbonyl (C=O) groups is 1. The van der Waals surface area contributed by atoms with E-state index in [1.165, 1.54) is 27.3 Å². The van der Waals surface area contributed by atoms with E-state index in [2.05, 4.69) is 20.6 Å². The maximum Gasteiger partial charge on any atom is 0.263 e. The lowest BCUT2D eigenvalue weighted by Gasteiger charge is -2.08. The summed E-state index contributed by atoms with van der Waals surface area (Å²) in [6, 6.07) is 12.3. The quantitative estimate of drug-likeness (QED) is 0.484. The van der Waals surface area contributed by atoms with Gasteiger partial charge in [-0.2, -0.15) is 4.52 Å². The molecule has 0 saturated heterocycles. The first-order valence-electron chi connectivity index (χ1n) is 9.08. The summed E-state index contributed by atoms with van der Waals surface area (Å²) in [5, 5.41) is 15.1. The van der Waals surface area contributed by atoms with Gasteiger partial charge in [0.15, 0.2) is 11.5 Å². The Hall–Kier alpha value is -4.08. The van der Waals surface area contributed by atoms with E-state index >= 15 is 0 Å². The number of amides is 1. The highest BCUT2D eigenvalue weighted by Crippen LogP contribution is 2.19. The van der Waals surface area contributed by atoms with Crippen molar-refractivity contribution in [1.29, 1.82) is 0 Å². The third-order valence-corrected chi connectivity index (χ3v) is 4.35. The van der Waals surface area contributed by atoms with Crippen LogP contribution in [0, 0.1) is 5.82 Å². The van der Waals surface area contributed by atoms with Gasteiger partial charge in [0, 0.05) is 24.9 Å². The van der Waals surface area contributed by atoms with Gasteiger partial charge in [0.2, 0.25) is 5.88 Å². The van der Waals surface area contributed by atoms with Crippen molar-refractivity contribution in [3.8, 4) is 17.3 Å². The molecule has 0 atom stereocenters.